The van der Waals surface area contributed by atoms with Gasteiger partial charge in [0.05, 0.1) is 10.6 Å². The van der Waals surface area contributed by atoms with Crippen molar-refractivity contribution in [3.8, 4) is 0 Å². The van der Waals surface area contributed by atoms with Gasteiger partial charge in [-0.2, -0.15) is 0 Å². The SMILES string of the molecule is Cc1ccc(C(=O)N2CCC(NC(=O)OC(C)(C)C)CC2)c(Cl)c1. The molecule has 0 spiro atoms. The lowest BCUT2D eigenvalue weighted by Crippen LogP contribution is -2.47. The van der Waals surface area contributed by atoms with Gasteiger partial charge in [-0.25, -0.2) is 4.79 Å². The zero-order chi connectivity index (χ0) is 17.9. The monoisotopic (exact) mass is 352 g/mol. The van der Waals surface area contributed by atoms with Crippen LogP contribution in [0.15, 0.2) is 18.2 Å². The molecule has 6 heteroatoms. The van der Waals surface area contributed by atoms with Gasteiger partial charge in [-0.1, -0.05) is 17.7 Å². The van der Waals surface area contributed by atoms with Crippen LogP contribution in [0, 0.1) is 6.92 Å². The van der Waals surface area contributed by atoms with Crippen LogP contribution in [0.4, 0.5) is 4.79 Å². The third-order valence-electron chi connectivity index (χ3n) is 3.86. The molecule has 1 heterocycles. The minimum Gasteiger partial charge on any atom is -0.444 e. The van der Waals surface area contributed by atoms with E-state index in [-0.39, 0.29) is 11.9 Å². The summed E-state index contributed by atoms with van der Waals surface area (Å²) in [6.07, 6.45) is 0.997. The number of benzene rings is 1. The molecule has 0 aliphatic carbocycles. The molecule has 1 fully saturated rings. The number of nitrogens with zero attached hydrogens (tertiary/aromatic N) is 1. The molecule has 1 N–H and O–H groups in total. The first-order chi connectivity index (χ1) is 11.2. The van der Waals surface area contributed by atoms with Gasteiger partial charge in [-0.05, 0) is 58.2 Å². The molecular weight excluding hydrogens is 328 g/mol. The highest BCUT2D eigenvalue weighted by molar-refractivity contribution is 6.33. The predicted octanol–water partition coefficient (Wildman–Crippen LogP) is 3.78. The van der Waals surface area contributed by atoms with E-state index >= 15 is 0 Å². The van der Waals surface area contributed by atoms with E-state index in [1.54, 1.807) is 17.0 Å². The molecule has 0 atom stereocenters. The third-order valence-corrected chi connectivity index (χ3v) is 4.17. The summed E-state index contributed by atoms with van der Waals surface area (Å²) in [6, 6.07) is 5.48. The van der Waals surface area contributed by atoms with E-state index in [1.807, 2.05) is 33.8 Å². The molecule has 1 aliphatic rings. The maximum Gasteiger partial charge on any atom is 0.407 e. The first-order valence-corrected chi connectivity index (χ1v) is 8.58. The number of rotatable bonds is 2. The van der Waals surface area contributed by atoms with Crippen molar-refractivity contribution in [1.29, 1.82) is 0 Å². The Bertz CT molecular complexity index is 617. The van der Waals surface area contributed by atoms with E-state index < -0.39 is 11.7 Å². The molecule has 1 saturated heterocycles. The molecule has 5 nitrogen and oxygen atoms in total. The van der Waals surface area contributed by atoms with Crippen LogP contribution in [0.5, 0.6) is 0 Å². The van der Waals surface area contributed by atoms with Crippen LogP contribution in [0.3, 0.4) is 0 Å². The van der Waals surface area contributed by atoms with Crippen LogP contribution in [0.1, 0.15) is 49.5 Å². The van der Waals surface area contributed by atoms with Gasteiger partial charge >= 0.3 is 6.09 Å². The average molecular weight is 353 g/mol. The second-order valence-corrected chi connectivity index (χ2v) is 7.60. The number of piperidine rings is 1. The van der Waals surface area contributed by atoms with Gasteiger partial charge in [-0.15, -0.1) is 0 Å². The van der Waals surface area contributed by atoms with Crippen molar-refractivity contribution in [3.63, 3.8) is 0 Å². The minimum absolute atomic E-state index is 0.0254. The van der Waals surface area contributed by atoms with Crippen molar-refractivity contribution in [3.05, 3.63) is 34.3 Å². The molecule has 0 bridgehead atoms. The fourth-order valence-electron chi connectivity index (χ4n) is 2.67. The highest BCUT2D eigenvalue weighted by Crippen LogP contribution is 2.21. The molecule has 0 aromatic heterocycles. The van der Waals surface area contributed by atoms with Crippen molar-refractivity contribution in [2.45, 2.75) is 52.2 Å². The molecular formula is C18H25ClN2O3. The molecule has 0 unspecified atom stereocenters. The number of ether oxygens (including phenoxy) is 1. The van der Waals surface area contributed by atoms with Crippen LogP contribution >= 0.6 is 11.6 Å². The number of aryl methyl sites for hydroxylation is 1. The van der Waals surface area contributed by atoms with Crippen molar-refractivity contribution in [1.82, 2.24) is 10.2 Å². The summed E-state index contributed by atoms with van der Waals surface area (Å²) in [7, 11) is 0. The van der Waals surface area contributed by atoms with E-state index in [0.29, 0.717) is 36.5 Å². The zero-order valence-electron chi connectivity index (χ0n) is 14.7. The number of carbonyl (C=O) groups excluding carboxylic acids is 2. The standard InChI is InChI=1S/C18H25ClN2O3/c1-12-5-6-14(15(19)11-12)16(22)21-9-7-13(8-10-21)20-17(23)24-18(2,3)4/h5-6,11,13H,7-10H2,1-4H3,(H,20,23). The van der Waals surface area contributed by atoms with Gasteiger partial charge in [0.25, 0.3) is 5.91 Å². The van der Waals surface area contributed by atoms with Crippen LogP contribution in [0.25, 0.3) is 0 Å². The molecule has 0 saturated carbocycles. The van der Waals surface area contributed by atoms with E-state index in [4.69, 9.17) is 16.3 Å². The van der Waals surface area contributed by atoms with Gasteiger partial charge in [-0.3, -0.25) is 4.79 Å². The summed E-state index contributed by atoms with van der Waals surface area (Å²) >= 11 is 6.18. The number of alkyl carbamates (subject to hydrolysis) is 1. The minimum atomic E-state index is -0.511. The van der Waals surface area contributed by atoms with Gasteiger partial charge in [0.1, 0.15) is 5.60 Å². The van der Waals surface area contributed by atoms with Crippen LogP contribution < -0.4 is 5.32 Å². The number of hydrogen-bond acceptors (Lipinski definition) is 3. The lowest BCUT2D eigenvalue weighted by molar-refractivity contribution is 0.0473. The highest BCUT2D eigenvalue weighted by atomic mass is 35.5. The summed E-state index contributed by atoms with van der Waals surface area (Å²) < 4.78 is 5.26. The van der Waals surface area contributed by atoms with Crippen molar-refractivity contribution in [2.24, 2.45) is 0 Å². The Balaban J connectivity index is 1.88. The van der Waals surface area contributed by atoms with Crippen molar-refractivity contribution >= 4 is 23.6 Å². The molecule has 0 radical (unpaired) electrons. The summed E-state index contributed by atoms with van der Waals surface area (Å²) in [5, 5.41) is 3.35. The number of likely N-dealkylation sites (tertiary alicyclic amines) is 1. The normalized spacial score (nSPS) is 16.0. The highest BCUT2D eigenvalue weighted by Gasteiger charge is 2.27. The Kier molecular flexibility index (Phi) is 5.75. The number of nitrogens with one attached hydrogen (secondary N) is 1. The van der Waals surface area contributed by atoms with Gasteiger partial charge < -0.3 is 15.0 Å². The average Bonchev–Trinajstić information content (AvgIpc) is 2.45. The van der Waals surface area contributed by atoms with E-state index in [0.717, 1.165) is 5.56 Å². The molecule has 1 aliphatic heterocycles. The maximum atomic E-state index is 12.6. The molecule has 132 valence electrons. The molecule has 1 aromatic rings. The van der Waals surface area contributed by atoms with E-state index in [2.05, 4.69) is 5.32 Å². The Labute approximate surface area is 148 Å². The summed E-state index contributed by atoms with van der Waals surface area (Å²) in [5.74, 6) is -0.0595. The fourth-order valence-corrected chi connectivity index (χ4v) is 2.98. The Morgan fingerprint density at radius 3 is 2.42 bits per heavy atom. The third kappa shape index (κ3) is 5.13. The second kappa shape index (κ2) is 7.43. The van der Waals surface area contributed by atoms with Gasteiger partial charge in [0.2, 0.25) is 0 Å². The first kappa shape index (κ1) is 18.6. The molecule has 24 heavy (non-hydrogen) atoms. The van der Waals surface area contributed by atoms with Gasteiger partial charge in [0.15, 0.2) is 0 Å². The van der Waals surface area contributed by atoms with Crippen LogP contribution in [0.2, 0.25) is 5.02 Å². The van der Waals surface area contributed by atoms with Crippen LogP contribution in [-0.2, 0) is 4.74 Å². The predicted molar refractivity (Wildman–Crippen MR) is 94.5 cm³/mol. The second-order valence-electron chi connectivity index (χ2n) is 7.20. The Hall–Kier alpha value is -1.75. The Morgan fingerprint density at radius 2 is 1.88 bits per heavy atom. The lowest BCUT2D eigenvalue weighted by Gasteiger charge is -2.33. The topological polar surface area (TPSA) is 58.6 Å². The summed E-state index contributed by atoms with van der Waals surface area (Å²) in [4.78, 5) is 26.2. The number of hydrogen-bond donors (Lipinski definition) is 1. The zero-order valence-corrected chi connectivity index (χ0v) is 15.4. The van der Waals surface area contributed by atoms with E-state index in [9.17, 15) is 9.59 Å². The molecule has 1 aromatic carbocycles. The van der Waals surface area contributed by atoms with Crippen LogP contribution in [-0.4, -0.2) is 41.6 Å². The Morgan fingerprint density at radius 1 is 1.25 bits per heavy atom. The maximum absolute atomic E-state index is 12.6. The largest absolute Gasteiger partial charge is 0.444 e. The summed E-state index contributed by atoms with van der Waals surface area (Å²) in [6.45, 7) is 8.61. The van der Waals surface area contributed by atoms with Gasteiger partial charge in [0, 0.05) is 19.1 Å². The lowest BCUT2D eigenvalue weighted by atomic mass is 10.0. The quantitative estimate of drug-likeness (QED) is 0.881. The smallest absolute Gasteiger partial charge is 0.407 e. The van der Waals surface area contributed by atoms with E-state index in [1.165, 1.54) is 0 Å². The molecule has 2 amide bonds. The number of carbonyl (C=O) groups is 2. The van der Waals surface area contributed by atoms with Crippen molar-refractivity contribution < 1.29 is 14.3 Å². The molecule has 2 rings (SSSR count). The fraction of sp³-hybridized carbons (Fsp3) is 0.556. The first-order valence-electron chi connectivity index (χ1n) is 8.20. The number of halogens is 1. The number of amides is 2. The van der Waals surface area contributed by atoms with Crippen molar-refractivity contribution in [2.75, 3.05) is 13.1 Å². The summed E-state index contributed by atoms with van der Waals surface area (Å²) in [5.41, 5.74) is 1.04.